The summed E-state index contributed by atoms with van der Waals surface area (Å²) in [4.78, 5) is 0. The van der Waals surface area contributed by atoms with E-state index in [9.17, 15) is 0 Å². The van der Waals surface area contributed by atoms with E-state index in [4.69, 9.17) is 0 Å². The molecule has 0 aromatic heterocycles. The van der Waals surface area contributed by atoms with Crippen LogP contribution in [0.3, 0.4) is 0 Å². The second-order valence-electron chi connectivity index (χ2n) is 9.60. The van der Waals surface area contributed by atoms with Crippen LogP contribution in [0.15, 0.2) is 167 Å². The van der Waals surface area contributed by atoms with Crippen LogP contribution in [0.1, 0.15) is 0 Å². The molecule has 6 rings (SSSR count). The molecule has 0 bridgehead atoms. The Morgan fingerprint density at radius 2 is 0.692 bits per heavy atom. The average Bonchev–Trinajstić information content (AvgIpc) is 3.00. The zero-order valence-corrected chi connectivity index (χ0v) is 25.4. The summed E-state index contributed by atoms with van der Waals surface area (Å²) in [5, 5.41) is 5.45. The lowest BCUT2D eigenvalue weighted by Crippen LogP contribution is -2.74. The first-order chi connectivity index (χ1) is 19.2. The highest BCUT2D eigenvalue weighted by Gasteiger charge is 2.41. The Balaban J connectivity index is 1.69. The van der Waals surface area contributed by atoms with Gasteiger partial charge in [0.15, 0.2) is 8.07 Å². The third-order valence-electron chi connectivity index (χ3n) is 7.37. The lowest BCUT2D eigenvalue weighted by molar-refractivity contribution is 1.58. The fourth-order valence-electron chi connectivity index (χ4n) is 5.61. The minimum atomic E-state index is -2.69. The van der Waals surface area contributed by atoms with Crippen LogP contribution in [0.4, 0.5) is 0 Å². The standard InChI is InChI=1S/C36H26Br2Si/c37-35-23-9-7-21-33(35)27-13-11-19-31(25-27)39(29-15-3-1-4-16-29,30-17-5-2-6-18-30)32-20-12-14-28(26-32)34-22-8-10-24-36(34)38/h1-26H. The highest BCUT2D eigenvalue weighted by Crippen LogP contribution is 2.29. The van der Waals surface area contributed by atoms with E-state index in [1.54, 1.807) is 0 Å². The van der Waals surface area contributed by atoms with Gasteiger partial charge in [0.2, 0.25) is 0 Å². The van der Waals surface area contributed by atoms with Crippen LogP contribution in [0.2, 0.25) is 0 Å². The molecule has 0 aliphatic carbocycles. The first-order valence-corrected chi connectivity index (χ1v) is 16.6. The van der Waals surface area contributed by atoms with Crippen molar-refractivity contribution < 1.29 is 0 Å². The largest absolute Gasteiger partial charge is 0.179 e. The summed E-state index contributed by atoms with van der Waals surface area (Å²) >= 11 is 7.58. The molecule has 6 aromatic rings. The summed E-state index contributed by atoms with van der Waals surface area (Å²) < 4.78 is 2.20. The molecule has 0 heterocycles. The van der Waals surface area contributed by atoms with Gasteiger partial charge in [0, 0.05) is 8.95 Å². The van der Waals surface area contributed by atoms with Crippen LogP contribution in [-0.2, 0) is 0 Å². The van der Waals surface area contributed by atoms with E-state index >= 15 is 0 Å². The van der Waals surface area contributed by atoms with Gasteiger partial charge >= 0.3 is 0 Å². The van der Waals surface area contributed by atoms with Crippen LogP contribution in [0, 0.1) is 0 Å². The molecular weight excluding hydrogens is 620 g/mol. The molecule has 0 fully saturated rings. The van der Waals surface area contributed by atoms with Crippen LogP contribution < -0.4 is 20.7 Å². The van der Waals surface area contributed by atoms with E-state index in [0.717, 1.165) is 8.95 Å². The van der Waals surface area contributed by atoms with E-state index in [1.807, 2.05) is 0 Å². The Kier molecular flexibility index (Phi) is 7.47. The van der Waals surface area contributed by atoms with Crippen molar-refractivity contribution in [3.8, 4) is 22.3 Å². The smallest absolute Gasteiger partial charge is 0.0623 e. The van der Waals surface area contributed by atoms with Gasteiger partial charge in [-0.05, 0) is 55.1 Å². The van der Waals surface area contributed by atoms with Crippen LogP contribution >= 0.6 is 31.9 Å². The molecule has 0 radical (unpaired) electrons. The Bertz CT molecular complexity index is 1600. The van der Waals surface area contributed by atoms with Crippen molar-refractivity contribution >= 4 is 60.7 Å². The summed E-state index contributed by atoms with van der Waals surface area (Å²) in [6, 6.07) is 57.5. The van der Waals surface area contributed by atoms with Crippen LogP contribution in [-0.4, -0.2) is 8.07 Å². The molecule has 188 valence electrons. The van der Waals surface area contributed by atoms with Crippen molar-refractivity contribution in [2.75, 3.05) is 0 Å². The number of hydrogen-bond donors (Lipinski definition) is 0. The van der Waals surface area contributed by atoms with Crippen molar-refractivity contribution in [3.05, 3.63) is 167 Å². The predicted octanol–water partition coefficient (Wildman–Crippen LogP) is 7.92. The van der Waals surface area contributed by atoms with E-state index in [0.29, 0.717) is 0 Å². The maximum absolute atomic E-state index is 3.79. The molecule has 0 N–H and O–H groups in total. The number of rotatable bonds is 6. The fraction of sp³-hybridized carbons (Fsp3) is 0. The molecule has 0 unspecified atom stereocenters. The zero-order valence-electron chi connectivity index (χ0n) is 21.3. The molecule has 0 aliphatic heterocycles. The molecular formula is C36H26Br2Si. The van der Waals surface area contributed by atoms with E-state index in [2.05, 4.69) is 190 Å². The number of benzene rings is 6. The van der Waals surface area contributed by atoms with Crippen LogP contribution in [0.5, 0.6) is 0 Å². The van der Waals surface area contributed by atoms with Crippen LogP contribution in [0.25, 0.3) is 22.3 Å². The van der Waals surface area contributed by atoms with Gasteiger partial charge in [-0.2, -0.15) is 0 Å². The van der Waals surface area contributed by atoms with E-state index in [1.165, 1.54) is 43.0 Å². The van der Waals surface area contributed by atoms with Gasteiger partial charge in [-0.1, -0.05) is 177 Å². The fourth-order valence-corrected chi connectivity index (χ4v) is 11.5. The molecule has 0 saturated heterocycles. The molecule has 0 saturated carbocycles. The first-order valence-electron chi connectivity index (χ1n) is 13.0. The monoisotopic (exact) mass is 644 g/mol. The first kappa shape index (κ1) is 25.8. The summed E-state index contributed by atoms with van der Waals surface area (Å²) in [7, 11) is -2.69. The number of halogens is 2. The van der Waals surface area contributed by atoms with Gasteiger partial charge < -0.3 is 0 Å². The second kappa shape index (κ2) is 11.3. The molecule has 3 heteroatoms. The predicted molar refractivity (Wildman–Crippen MR) is 176 cm³/mol. The Morgan fingerprint density at radius 3 is 1.10 bits per heavy atom. The quantitative estimate of drug-likeness (QED) is 0.128. The maximum atomic E-state index is 3.79. The maximum Gasteiger partial charge on any atom is 0.179 e. The van der Waals surface area contributed by atoms with Gasteiger partial charge in [-0.3, -0.25) is 0 Å². The Morgan fingerprint density at radius 1 is 0.333 bits per heavy atom. The minimum Gasteiger partial charge on any atom is -0.0623 e. The Labute approximate surface area is 248 Å². The summed E-state index contributed by atoms with van der Waals surface area (Å²) in [5.41, 5.74) is 4.83. The average molecular weight is 646 g/mol. The highest BCUT2D eigenvalue weighted by atomic mass is 79.9. The lowest BCUT2D eigenvalue weighted by atomic mass is 10.1. The topological polar surface area (TPSA) is 0 Å². The molecule has 0 aliphatic rings. The summed E-state index contributed by atoms with van der Waals surface area (Å²) in [6.07, 6.45) is 0. The van der Waals surface area contributed by atoms with Gasteiger partial charge in [-0.15, -0.1) is 0 Å². The van der Waals surface area contributed by atoms with E-state index in [-0.39, 0.29) is 0 Å². The number of hydrogen-bond acceptors (Lipinski definition) is 0. The van der Waals surface area contributed by atoms with Crippen molar-refractivity contribution in [3.63, 3.8) is 0 Å². The molecule has 0 amide bonds. The van der Waals surface area contributed by atoms with Crippen molar-refractivity contribution in [1.29, 1.82) is 0 Å². The van der Waals surface area contributed by atoms with Gasteiger partial charge in [0.1, 0.15) is 0 Å². The SMILES string of the molecule is Brc1ccccc1-c1cccc([Si](c2ccccc2)(c2ccccc2)c2cccc(-c3ccccc3Br)c2)c1. The Hall–Kier alpha value is -3.50. The molecule has 0 atom stereocenters. The molecule has 0 spiro atoms. The minimum absolute atomic E-state index is 1.10. The molecule has 6 aromatic carbocycles. The molecule has 39 heavy (non-hydrogen) atoms. The lowest BCUT2D eigenvalue weighted by Gasteiger charge is -2.35. The normalized spacial score (nSPS) is 11.3. The third kappa shape index (κ3) is 4.87. The van der Waals surface area contributed by atoms with E-state index < -0.39 is 8.07 Å². The van der Waals surface area contributed by atoms with Crippen molar-refractivity contribution in [2.45, 2.75) is 0 Å². The summed E-state index contributed by atoms with van der Waals surface area (Å²) in [5.74, 6) is 0. The van der Waals surface area contributed by atoms with Gasteiger partial charge in [0.25, 0.3) is 0 Å². The van der Waals surface area contributed by atoms with Crippen molar-refractivity contribution in [2.24, 2.45) is 0 Å². The zero-order chi connectivity index (χ0) is 26.7. The van der Waals surface area contributed by atoms with Crippen molar-refractivity contribution in [1.82, 2.24) is 0 Å². The third-order valence-corrected chi connectivity index (χ3v) is 13.5. The highest BCUT2D eigenvalue weighted by molar-refractivity contribution is 9.11. The van der Waals surface area contributed by atoms with Gasteiger partial charge in [0.05, 0.1) is 0 Å². The molecule has 0 nitrogen and oxygen atoms in total. The summed E-state index contributed by atoms with van der Waals surface area (Å²) in [6.45, 7) is 0. The van der Waals surface area contributed by atoms with Gasteiger partial charge in [-0.25, -0.2) is 0 Å². The second-order valence-corrected chi connectivity index (χ2v) is 15.1.